The first-order chi connectivity index (χ1) is 20.0. The molecule has 222 valence electrons. The van der Waals surface area contributed by atoms with Crippen molar-refractivity contribution in [3.63, 3.8) is 0 Å². The number of alkyl halides is 3. The molecule has 2 aliphatic rings. The van der Waals surface area contributed by atoms with Crippen molar-refractivity contribution in [2.45, 2.75) is 48.6 Å². The van der Waals surface area contributed by atoms with Gasteiger partial charge in [-0.25, -0.2) is 8.42 Å². The molecule has 1 spiro atoms. The zero-order valence-corrected chi connectivity index (χ0v) is 23.3. The van der Waals surface area contributed by atoms with Crippen LogP contribution in [0.5, 0.6) is 5.75 Å². The molecule has 0 bridgehead atoms. The van der Waals surface area contributed by atoms with E-state index in [2.05, 4.69) is 15.5 Å². The van der Waals surface area contributed by atoms with Crippen LogP contribution in [0, 0.1) is 0 Å². The zero-order valence-electron chi connectivity index (χ0n) is 22.5. The van der Waals surface area contributed by atoms with Crippen LogP contribution in [0.4, 0.5) is 13.2 Å². The number of sulfonamides is 1. The van der Waals surface area contributed by atoms with E-state index in [1.54, 1.807) is 6.08 Å². The van der Waals surface area contributed by atoms with Gasteiger partial charge in [-0.1, -0.05) is 60.7 Å². The van der Waals surface area contributed by atoms with E-state index >= 15 is 0 Å². The largest absolute Gasteiger partial charge is 0.573 e. The number of nitrogens with zero attached hydrogens (tertiary/aromatic N) is 1. The highest BCUT2D eigenvalue weighted by atomic mass is 32.2. The highest BCUT2D eigenvalue weighted by molar-refractivity contribution is 7.89. The maximum atomic E-state index is 13.3. The van der Waals surface area contributed by atoms with Crippen molar-refractivity contribution < 1.29 is 36.0 Å². The maximum absolute atomic E-state index is 13.3. The number of hydrogen-bond donors (Lipinski definition) is 2. The molecule has 0 unspecified atom stereocenters. The Morgan fingerprint density at radius 1 is 0.929 bits per heavy atom. The highest BCUT2D eigenvalue weighted by Crippen LogP contribution is 2.34. The van der Waals surface area contributed by atoms with Crippen LogP contribution in [0.3, 0.4) is 0 Å². The Morgan fingerprint density at radius 3 is 2.00 bits per heavy atom. The van der Waals surface area contributed by atoms with Gasteiger partial charge >= 0.3 is 6.36 Å². The first-order valence-electron chi connectivity index (χ1n) is 13.4. The van der Waals surface area contributed by atoms with E-state index in [4.69, 9.17) is 4.84 Å². The molecule has 0 saturated carbocycles. The minimum absolute atomic E-state index is 0.0981. The normalized spacial score (nSPS) is 17.1. The van der Waals surface area contributed by atoms with Crippen LogP contribution in [0.2, 0.25) is 0 Å². The molecule has 1 fully saturated rings. The molecular formula is C30H30F3N3O5S. The second-order valence-electron chi connectivity index (χ2n) is 10.3. The first kappa shape index (κ1) is 29.6. The van der Waals surface area contributed by atoms with Crippen LogP contribution >= 0.6 is 0 Å². The lowest BCUT2D eigenvalue weighted by molar-refractivity contribution is -0.274. The summed E-state index contributed by atoms with van der Waals surface area (Å²) in [6.07, 6.45) is -1.33. The van der Waals surface area contributed by atoms with Crippen LogP contribution in [-0.2, 0) is 32.5 Å². The highest BCUT2D eigenvalue weighted by Gasteiger charge is 2.43. The van der Waals surface area contributed by atoms with Crippen molar-refractivity contribution in [3.8, 4) is 5.75 Å². The van der Waals surface area contributed by atoms with Gasteiger partial charge < -0.3 is 10.1 Å². The van der Waals surface area contributed by atoms with Gasteiger partial charge in [0.25, 0.3) is 5.91 Å². The van der Waals surface area contributed by atoms with E-state index < -0.39 is 27.7 Å². The van der Waals surface area contributed by atoms with Crippen molar-refractivity contribution in [2.75, 3.05) is 13.1 Å². The van der Waals surface area contributed by atoms with Gasteiger partial charge in [-0.2, -0.15) is 4.31 Å². The van der Waals surface area contributed by atoms with Crippen LogP contribution in [0.15, 0.2) is 102 Å². The Hall–Kier alpha value is -3.87. The number of ether oxygens (including phenoxy) is 1. The number of rotatable bonds is 9. The fourth-order valence-corrected chi connectivity index (χ4v) is 6.58. The van der Waals surface area contributed by atoms with Crippen molar-refractivity contribution >= 4 is 15.9 Å². The van der Waals surface area contributed by atoms with Gasteiger partial charge in [0.1, 0.15) is 17.0 Å². The molecular weight excluding hydrogens is 571 g/mol. The van der Waals surface area contributed by atoms with Gasteiger partial charge in [-0.15, -0.1) is 13.2 Å². The third kappa shape index (κ3) is 7.30. The quantitative estimate of drug-likeness (QED) is 0.375. The van der Waals surface area contributed by atoms with Crippen molar-refractivity contribution in [3.05, 3.63) is 108 Å². The van der Waals surface area contributed by atoms with E-state index in [-0.39, 0.29) is 48.5 Å². The monoisotopic (exact) mass is 601 g/mol. The topological polar surface area (TPSA) is 97.0 Å². The second-order valence-corrected chi connectivity index (χ2v) is 12.2. The number of nitrogens with one attached hydrogen (secondary N) is 2. The van der Waals surface area contributed by atoms with Crippen molar-refractivity contribution in [2.24, 2.45) is 0 Å². The summed E-state index contributed by atoms with van der Waals surface area (Å²) in [5, 5.41) is 3.11. The van der Waals surface area contributed by atoms with Gasteiger partial charge in [0.15, 0.2) is 0 Å². The molecule has 3 aromatic carbocycles. The van der Waals surface area contributed by atoms with Crippen LogP contribution in [0.1, 0.15) is 24.0 Å². The van der Waals surface area contributed by atoms with Gasteiger partial charge in [-0.3, -0.25) is 15.1 Å². The van der Waals surface area contributed by atoms with E-state index in [0.29, 0.717) is 12.8 Å². The molecule has 3 aromatic rings. The van der Waals surface area contributed by atoms with Gasteiger partial charge in [-0.05, 0) is 67.2 Å². The summed E-state index contributed by atoms with van der Waals surface area (Å²) in [5.74, 6) is -0.824. The summed E-state index contributed by atoms with van der Waals surface area (Å²) in [6.45, 7) is 0.196. The molecule has 42 heavy (non-hydrogen) atoms. The Balaban J connectivity index is 1.22. The number of carbonyl (C=O) groups is 1. The van der Waals surface area contributed by atoms with Crippen LogP contribution in [0.25, 0.3) is 0 Å². The smallest absolute Gasteiger partial charge is 0.406 e. The number of amides is 1. The minimum atomic E-state index is -4.87. The van der Waals surface area contributed by atoms with E-state index in [0.717, 1.165) is 35.4 Å². The van der Waals surface area contributed by atoms with E-state index in [9.17, 15) is 26.4 Å². The zero-order chi connectivity index (χ0) is 29.8. The van der Waals surface area contributed by atoms with Crippen molar-refractivity contribution in [1.29, 1.82) is 0 Å². The van der Waals surface area contributed by atoms with E-state index in [1.165, 1.54) is 4.31 Å². The molecule has 1 saturated heterocycles. The Kier molecular flexibility index (Phi) is 8.58. The van der Waals surface area contributed by atoms with Crippen LogP contribution < -0.4 is 15.5 Å². The number of hydrogen-bond acceptors (Lipinski definition) is 6. The van der Waals surface area contributed by atoms with Gasteiger partial charge in [0.2, 0.25) is 10.0 Å². The summed E-state index contributed by atoms with van der Waals surface area (Å²) in [7, 11) is -3.95. The molecule has 2 heterocycles. The lowest BCUT2D eigenvalue weighted by Gasteiger charge is -2.35. The molecule has 0 aliphatic carbocycles. The second kappa shape index (κ2) is 12.2. The molecule has 5 rings (SSSR count). The summed E-state index contributed by atoms with van der Waals surface area (Å²) < 4.78 is 68.6. The third-order valence-electron chi connectivity index (χ3n) is 7.27. The summed E-state index contributed by atoms with van der Waals surface area (Å²) >= 11 is 0. The van der Waals surface area contributed by atoms with Crippen molar-refractivity contribution in [1.82, 2.24) is 15.1 Å². The maximum Gasteiger partial charge on any atom is 0.573 e. The molecule has 0 atom stereocenters. The molecule has 0 radical (unpaired) electrons. The molecule has 2 N–H and O–H groups in total. The lowest BCUT2D eigenvalue weighted by Crippen LogP contribution is -2.46. The fraction of sp³-hybridized carbons (Fsp3) is 0.300. The summed E-state index contributed by atoms with van der Waals surface area (Å²) in [5.41, 5.74) is 4.32. The number of hydroxylamine groups is 1. The SMILES string of the molecule is O=C(NC(Cc1ccccc1)Cc1ccccc1)C1=CC2(CCN(S(=O)(=O)c3ccc(OC(F)(F)F)cc3)CC2)ON1. The molecule has 8 nitrogen and oxygen atoms in total. The summed E-state index contributed by atoms with van der Waals surface area (Å²) in [4.78, 5) is 18.9. The number of carbonyl (C=O) groups excluding carboxylic acids is 1. The summed E-state index contributed by atoms with van der Waals surface area (Å²) in [6, 6.07) is 23.7. The molecule has 0 aromatic heterocycles. The average molecular weight is 602 g/mol. The standard InChI is InChI=1S/C30H30F3N3O5S/c31-30(32,33)40-25-11-13-26(14-12-25)42(38,39)36-17-15-29(16-18-36)21-27(35-41-29)28(37)34-24(19-22-7-3-1-4-8-22)20-23-9-5-2-6-10-23/h1-14,21,24,35H,15-20H2,(H,34,37). The molecule has 2 aliphatic heterocycles. The molecule has 12 heteroatoms. The predicted molar refractivity (Wildman–Crippen MR) is 148 cm³/mol. The van der Waals surface area contributed by atoms with Crippen LogP contribution in [-0.4, -0.2) is 49.7 Å². The Morgan fingerprint density at radius 2 is 1.48 bits per heavy atom. The number of benzene rings is 3. The minimum Gasteiger partial charge on any atom is -0.406 e. The van der Waals surface area contributed by atoms with Gasteiger partial charge in [0.05, 0.1) is 4.90 Å². The Labute approximate surface area is 242 Å². The van der Waals surface area contributed by atoms with Gasteiger partial charge in [0, 0.05) is 19.1 Å². The number of piperidine rings is 1. The Bertz CT molecular complexity index is 1470. The first-order valence-corrected chi connectivity index (χ1v) is 14.9. The average Bonchev–Trinajstić information content (AvgIpc) is 3.37. The molecule has 1 amide bonds. The third-order valence-corrected chi connectivity index (χ3v) is 9.18. The number of halogens is 3. The lowest BCUT2D eigenvalue weighted by atomic mass is 9.92. The fourth-order valence-electron chi connectivity index (χ4n) is 5.14. The van der Waals surface area contributed by atoms with E-state index in [1.807, 2.05) is 60.7 Å². The predicted octanol–water partition coefficient (Wildman–Crippen LogP) is 4.50.